The molecule has 3 heteroatoms. The molecule has 1 atom stereocenters. The third-order valence-electron chi connectivity index (χ3n) is 2.13. The molecule has 0 aliphatic rings. The fourth-order valence-electron chi connectivity index (χ4n) is 1.16. The van der Waals surface area contributed by atoms with Crippen LogP contribution in [-0.4, -0.2) is 18.0 Å². The summed E-state index contributed by atoms with van der Waals surface area (Å²) >= 11 is 5.72. The molecule has 0 aliphatic heterocycles. The minimum absolute atomic E-state index is 0.231. The molecule has 0 aromatic carbocycles. The van der Waals surface area contributed by atoms with Gasteiger partial charge in [0, 0.05) is 5.57 Å². The van der Waals surface area contributed by atoms with Crippen molar-refractivity contribution in [2.24, 2.45) is 0 Å². The minimum atomic E-state index is -0.364. The zero-order valence-electron chi connectivity index (χ0n) is 10.0. The van der Waals surface area contributed by atoms with Crippen molar-refractivity contribution in [1.82, 2.24) is 0 Å². The summed E-state index contributed by atoms with van der Waals surface area (Å²) in [6, 6.07) is 0. The number of ether oxygens (including phenoxy) is 1. The maximum atomic E-state index is 11.2. The topological polar surface area (TPSA) is 26.3 Å². The molecule has 0 aromatic heterocycles. The van der Waals surface area contributed by atoms with Crippen molar-refractivity contribution >= 4 is 17.6 Å². The van der Waals surface area contributed by atoms with Crippen LogP contribution in [0.15, 0.2) is 12.2 Å². The Morgan fingerprint density at radius 2 is 2.19 bits per heavy atom. The molecule has 0 heterocycles. The van der Waals surface area contributed by atoms with E-state index >= 15 is 0 Å². The fraction of sp³-hybridized carbons (Fsp3) is 0.615. The molecule has 0 amide bonds. The average molecular weight is 245 g/mol. The number of alkyl halides is 1. The Hall–Kier alpha value is -0.500. The quantitative estimate of drug-likeness (QED) is 0.268. The number of halogens is 1. The van der Waals surface area contributed by atoms with E-state index in [1.165, 1.54) is 0 Å². The lowest BCUT2D eigenvalue weighted by Crippen LogP contribution is -2.20. The molecule has 0 fully saturated rings. The normalized spacial score (nSPS) is 12.2. The summed E-state index contributed by atoms with van der Waals surface area (Å²) in [6.45, 7) is 8.94. The Morgan fingerprint density at radius 3 is 2.69 bits per heavy atom. The Morgan fingerprint density at radius 1 is 1.50 bits per heavy atom. The zero-order valence-corrected chi connectivity index (χ0v) is 10.8. The Labute approximate surface area is 104 Å². The summed E-state index contributed by atoms with van der Waals surface area (Å²) in [5.41, 5.74) is 0.409. The highest BCUT2D eigenvalue weighted by atomic mass is 35.5. The largest absolute Gasteiger partial charge is 0.458 e. The molecule has 0 N–H and O–H groups in total. The average Bonchev–Trinajstić information content (AvgIpc) is 2.26. The number of carbonyl (C=O) groups excluding carboxylic acids is 1. The Bertz CT molecular complexity index is 214. The maximum absolute atomic E-state index is 11.2. The van der Waals surface area contributed by atoms with Gasteiger partial charge in [0.2, 0.25) is 0 Å². The van der Waals surface area contributed by atoms with E-state index in [0.717, 1.165) is 25.7 Å². The van der Waals surface area contributed by atoms with Crippen molar-refractivity contribution in [2.75, 3.05) is 5.88 Å². The molecule has 1 unspecified atom stereocenters. The van der Waals surface area contributed by atoms with Crippen LogP contribution >= 0.6 is 11.6 Å². The van der Waals surface area contributed by atoms with Crippen LogP contribution in [-0.2, 0) is 9.53 Å². The molecule has 92 valence electrons. The van der Waals surface area contributed by atoms with Crippen LogP contribution in [0.5, 0.6) is 0 Å². The highest BCUT2D eigenvalue weighted by Gasteiger charge is 2.13. The van der Waals surface area contributed by atoms with Gasteiger partial charge >= 0.3 is 5.97 Å². The van der Waals surface area contributed by atoms with E-state index in [-0.39, 0.29) is 12.1 Å². The summed E-state index contributed by atoms with van der Waals surface area (Å²) in [7, 11) is 0. The predicted octanol–water partition coefficient (Wildman–Crippen LogP) is 3.70. The Balaban J connectivity index is 3.67. The van der Waals surface area contributed by atoms with Gasteiger partial charge in [0.05, 0.1) is 5.88 Å². The first-order valence-electron chi connectivity index (χ1n) is 5.65. The van der Waals surface area contributed by atoms with Crippen molar-refractivity contribution in [3.63, 3.8) is 0 Å². The first-order chi connectivity index (χ1) is 7.61. The second kappa shape index (κ2) is 9.71. The summed E-state index contributed by atoms with van der Waals surface area (Å²) in [6.07, 6.45) is 6.85. The number of carbonyl (C=O) groups is 1. The van der Waals surface area contributed by atoms with E-state index in [0.29, 0.717) is 17.9 Å². The van der Waals surface area contributed by atoms with Crippen LogP contribution in [0, 0.1) is 13.3 Å². The van der Waals surface area contributed by atoms with E-state index in [1.54, 1.807) is 6.92 Å². The molecular formula is C13H21ClO2. The summed E-state index contributed by atoms with van der Waals surface area (Å²) in [5.74, 6) is -0.0398. The molecule has 0 saturated heterocycles. The lowest BCUT2D eigenvalue weighted by Gasteiger charge is -2.14. The summed E-state index contributed by atoms with van der Waals surface area (Å²) < 4.78 is 5.15. The number of esters is 1. The molecule has 16 heavy (non-hydrogen) atoms. The SMILES string of the molecule is [CH2]CCCC[CH]CC(CCl)OC(=O)C(=C)C. The van der Waals surface area contributed by atoms with Gasteiger partial charge in [-0.1, -0.05) is 39.2 Å². The standard InChI is InChI=1S/C13H21ClO2/c1-4-5-6-7-8-9-12(10-14)16-13(15)11(2)3/h8,12H,1-2,4-7,9-10H2,3H3. The monoisotopic (exact) mass is 244 g/mol. The van der Waals surface area contributed by atoms with Crippen LogP contribution in [0.25, 0.3) is 0 Å². The molecule has 0 spiro atoms. The molecule has 0 saturated carbocycles. The highest BCUT2D eigenvalue weighted by Crippen LogP contribution is 2.11. The van der Waals surface area contributed by atoms with Crippen molar-refractivity contribution in [2.45, 2.75) is 45.1 Å². The van der Waals surface area contributed by atoms with Crippen LogP contribution in [0.4, 0.5) is 0 Å². The molecule has 0 aliphatic carbocycles. The van der Waals surface area contributed by atoms with E-state index in [4.69, 9.17) is 16.3 Å². The van der Waals surface area contributed by atoms with Crippen molar-refractivity contribution in [1.29, 1.82) is 0 Å². The van der Waals surface area contributed by atoms with Gasteiger partial charge in [-0.25, -0.2) is 4.79 Å². The van der Waals surface area contributed by atoms with Gasteiger partial charge in [-0.15, -0.1) is 11.6 Å². The van der Waals surface area contributed by atoms with Crippen molar-refractivity contribution in [3.05, 3.63) is 25.5 Å². The molecule has 0 bridgehead atoms. The molecule has 0 aromatic rings. The van der Waals surface area contributed by atoms with E-state index < -0.39 is 0 Å². The van der Waals surface area contributed by atoms with Crippen molar-refractivity contribution < 1.29 is 9.53 Å². The van der Waals surface area contributed by atoms with Gasteiger partial charge in [-0.05, 0) is 19.8 Å². The van der Waals surface area contributed by atoms with Crippen molar-refractivity contribution in [3.8, 4) is 0 Å². The van der Waals surface area contributed by atoms with Crippen LogP contribution in [0.3, 0.4) is 0 Å². The number of rotatable bonds is 9. The summed E-state index contributed by atoms with van der Waals surface area (Å²) in [5, 5.41) is 0. The maximum Gasteiger partial charge on any atom is 0.333 e. The highest BCUT2D eigenvalue weighted by molar-refractivity contribution is 6.18. The lowest BCUT2D eigenvalue weighted by atomic mass is 10.1. The van der Waals surface area contributed by atoms with Gasteiger partial charge < -0.3 is 4.74 Å². The third kappa shape index (κ3) is 7.75. The third-order valence-corrected chi connectivity index (χ3v) is 2.48. The first-order valence-corrected chi connectivity index (χ1v) is 6.18. The van der Waals surface area contributed by atoms with E-state index in [1.807, 2.05) is 0 Å². The summed E-state index contributed by atoms with van der Waals surface area (Å²) in [4.78, 5) is 11.2. The van der Waals surface area contributed by atoms with Gasteiger partial charge in [0.15, 0.2) is 0 Å². The number of unbranched alkanes of at least 4 members (excludes halogenated alkanes) is 4. The van der Waals surface area contributed by atoms with Gasteiger partial charge in [-0.3, -0.25) is 0 Å². The predicted molar refractivity (Wildman–Crippen MR) is 68.2 cm³/mol. The Kier molecular flexibility index (Phi) is 9.40. The molecule has 0 rings (SSSR count). The molecule has 2 nitrogen and oxygen atoms in total. The van der Waals surface area contributed by atoms with Crippen LogP contribution in [0.2, 0.25) is 0 Å². The fourth-order valence-corrected chi connectivity index (χ4v) is 1.35. The van der Waals surface area contributed by atoms with E-state index in [9.17, 15) is 4.79 Å². The number of hydrogen-bond acceptors (Lipinski definition) is 2. The smallest absolute Gasteiger partial charge is 0.333 e. The zero-order chi connectivity index (χ0) is 12.4. The van der Waals surface area contributed by atoms with E-state index in [2.05, 4.69) is 19.9 Å². The minimum Gasteiger partial charge on any atom is -0.458 e. The first kappa shape index (κ1) is 15.5. The van der Waals surface area contributed by atoms with Gasteiger partial charge in [0.1, 0.15) is 6.10 Å². The molecule has 2 radical (unpaired) electrons. The second-order valence-corrected chi connectivity index (χ2v) is 4.14. The van der Waals surface area contributed by atoms with Gasteiger partial charge in [-0.2, -0.15) is 0 Å². The second-order valence-electron chi connectivity index (χ2n) is 3.84. The number of hydrogen-bond donors (Lipinski definition) is 0. The van der Waals surface area contributed by atoms with Gasteiger partial charge in [0.25, 0.3) is 0 Å². The van der Waals surface area contributed by atoms with Crippen LogP contribution in [0.1, 0.15) is 39.0 Å². The van der Waals surface area contributed by atoms with Crippen LogP contribution < -0.4 is 0 Å². The molecular weight excluding hydrogens is 224 g/mol. The lowest BCUT2D eigenvalue weighted by molar-refractivity contribution is -0.143.